The zero-order chi connectivity index (χ0) is 25.7. The summed E-state index contributed by atoms with van der Waals surface area (Å²) in [6, 6.07) is 16.6. The number of benzene rings is 2. The molecular weight excluding hydrogens is 498 g/mol. The van der Waals surface area contributed by atoms with Gasteiger partial charge in [0.1, 0.15) is 10.9 Å². The second-order valence-electron chi connectivity index (χ2n) is 8.40. The number of rotatable bonds is 10. The largest absolute Gasteiger partial charge is 0.481 e. The fraction of sp³-hybridized carbons (Fsp3) is 0.269. The molecule has 2 aromatic carbocycles. The van der Waals surface area contributed by atoms with Crippen molar-refractivity contribution in [2.24, 2.45) is 0 Å². The van der Waals surface area contributed by atoms with E-state index in [0.717, 1.165) is 17.3 Å². The van der Waals surface area contributed by atoms with Crippen LogP contribution in [0.25, 0.3) is 5.57 Å². The van der Waals surface area contributed by atoms with Crippen LogP contribution in [-0.2, 0) is 25.7 Å². The van der Waals surface area contributed by atoms with E-state index in [0.29, 0.717) is 47.9 Å². The average Bonchev–Trinajstić information content (AvgIpc) is 3.30. The third kappa shape index (κ3) is 5.66. The Hall–Kier alpha value is -3.50. The van der Waals surface area contributed by atoms with Crippen LogP contribution in [0.5, 0.6) is 0 Å². The normalized spacial score (nSPS) is 17.1. The second kappa shape index (κ2) is 11.5. The van der Waals surface area contributed by atoms with Crippen molar-refractivity contribution in [2.75, 3.05) is 18.0 Å². The molecule has 3 amide bonds. The maximum atomic E-state index is 13.5. The smallest absolute Gasteiger partial charge is 0.303 e. The van der Waals surface area contributed by atoms with Crippen molar-refractivity contribution >= 4 is 63.3 Å². The molecule has 2 aromatic rings. The fourth-order valence-corrected chi connectivity index (χ4v) is 5.50. The van der Waals surface area contributed by atoms with Crippen LogP contribution in [0.2, 0.25) is 0 Å². The molecule has 36 heavy (non-hydrogen) atoms. The van der Waals surface area contributed by atoms with Gasteiger partial charge in [-0.2, -0.15) is 0 Å². The lowest BCUT2D eigenvalue weighted by molar-refractivity contribution is -0.137. The van der Waals surface area contributed by atoms with Crippen molar-refractivity contribution in [1.82, 2.24) is 10.2 Å². The number of anilines is 1. The van der Waals surface area contributed by atoms with Gasteiger partial charge in [0.2, 0.25) is 5.91 Å². The molecule has 1 saturated heterocycles. The first-order chi connectivity index (χ1) is 17.4. The first kappa shape index (κ1) is 25.6. The maximum Gasteiger partial charge on any atom is 0.303 e. The molecule has 4 rings (SSSR count). The lowest BCUT2D eigenvalue weighted by Gasteiger charge is -2.17. The summed E-state index contributed by atoms with van der Waals surface area (Å²) in [7, 11) is 0. The Balaban J connectivity index is 1.48. The molecule has 10 heteroatoms. The van der Waals surface area contributed by atoms with Gasteiger partial charge in [0.05, 0.1) is 16.2 Å². The number of carbonyl (C=O) groups is 4. The van der Waals surface area contributed by atoms with Crippen molar-refractivity contribution in [3.63, 3.8) is 0 Å². The van der Waals surface area contributed by atoms with Crippen LogP contribution in [0.15, 0.2) is 59.5 Å². The Labute approximate surface area is 218 Å². The number of para-hydroxylation sites is 1. The summed E-state index contributed by atoms with van der Waals surface area (Å²) in [4.78, 5) is 53.2. The Morgan fingerprint density at radius 3 is 2.39 bits per heavy atom. The number of hydrogen-bond donors (Lipinski definition) is 2. The van der Waals surface area contributed by atoms with Crippen LogP contribution >= 0.6 is 24.0 Å². The Kier molecular flexibility index (Phi) is 8.17. The zero-order valence-corrected chi connectivity index (χ0v) is 21.1. The fourth-order valence-electron chi connectivity index (χ4n) is 4.12. The van der Waals surface area contributed by atoms with E-state index in [1.54, 1.807) is 24.3 Å². The Morgan fingerprint density at radius 1 is 0.917 bits per heavy atom. The molecule has 0 radical (unpaired) electrons. The standard InChI is InChI=1S/C26H25N3O5S2/c30-20(27-15-17-9-3-1-4-10-17)16-29-19-12-7-6-11-18(19)22(24(29)33)23-25(34)28(26(35)36-23)14-8-2-5-13-21(31)32/h1,3-4,6-7,9-12H,2,5,8,13-16H2,(H,27,30)(H,31,32)/b23-22-. The van der Waals surface area contributed by atoms with Gasteiger partial charge in [0.15, 0.2) is 0 Å². The molecule has 0 unspecified atom stereocenters. The van der Waals surface area contributed by atoms with Gasteiger partial charge in [-0.3, -0.25) is 29.0 Å². The molecule has 0 aromatic heterocycles. The van der Waals surface area contributed by atoms with Crippen LogP contribution in [-0.4, -0.2) is 51.1 Å². The predicted octanol–water partition coefficient (Wildman–Crippen LogP) is 3.57. The SMILES string of the molecule is O=C(O)CCCCCN1C(=O)/C(=C2/C(=O)N(CC(=O)NCc3ccccc3)c3ccccc32)SC1=S. The predicted molar refractivity (Wildman–Crippen MR) is 142 cm³/mol. The monoisotopic (exact) mass is 523 g/mol. The number of thiocarbonyl (C=S) groups is 1. The number of carboxylic acids is 1. The lowest BCUT2D eigenvalue weighted by atomic mass is 10.1. The van der Waals surface area contributed by atoms with Crippen molar-refractivity contribution in [1.29, 1.82) is 0 Å². The minimum atomic E-state index is -0.845. The molecule has 2 aliphatic heterocycles. The van der Waals surface area contributed by atoms with Crippen molar-refractivity contribution in [2.45, 2.75) is 32.2 Å². The molecule has 0 spiro atoms. The number of fused-ring (bicyclic) bond motifs is 1. The highest BCUT2D eigenvalue weighted by atomic mass is 32.2. The maximum absolute atomic E-state index is 13.5. The summed E-state index contributed by atoms with van der Waals surface area (Å²) in [5.41, 5.74) is 2.38. The van der Waals surface area contributed by atoms with Crippen molar-refractivity contribution < 1.29 is 24.3 Å². The van der Waals surface area contributed by atoms with Gasteiger partial charge in [0.25, 0.3) is 11.8 Å². The van der Waals surface area contributed by atoms with Crippen molar-refractivity contribution in [3.8, 4) is 0 Å². The third-order valence-electron chi connectivity index (χ3n) is 5.91. The van der Waals surface area contributed by atoms with E-state index in [-0.39, 0.29) is 35.3 Å². The summed E-state index contributed by atoms with van der Waals surface area (Å²) >= 11 is 6.51. The number of hydrogen-bond acceptors (Lipinski definition) is 6. The quantitative estimate of drug-likeness (QED) is 0.279. The summed E-state index contributed by atoms with van der Waals surface area (Å²) < 4.78 is 0.366. The highest BCUT2D eigenvalue weighted by Gasteiger charge is 2.42. The molecule has 0 aliphatic carbocycles. The van der Waals surface area contributed by atoms with E-state index in [4.69, 9.17) is 17.3 Å². The van der Waals surface area contributed by atoms with Crippen LogP contribution in [0.3, 0.4) is 0 Å². The number of carboxylic acid groups (broad SMARTS) is 1. The van der Waals surface area contributed by atoms with Gasteiger partial charge in [-0.15, -0.1) is 0 Å². The third-order valence-corrected chi connectivity index (χ3v) is 7.35. The molecule has 0 atom stereocenters. The van der Waals surface area contributed by atoms with E-state index in [9.17, 15) is 19.2 Å². The number of nitrogens with one attached hydrogen (secondary N) is 1. The van der Waals surface area contributed by atoms with Crippen LogP contribution in [0.1, 0.15) is 36.8 Å². The van der Waals surface area contributed by atoms with Gasteiger partial charge in [0, 0.05) is 25.1 Å². The van der Waals surface area contributed by atoms with Gasteiger partial charge < -0.3 is 10.4 Å². The summed E-state index contributed by atoms with van der Waals surface area (Å²) in [5, 5.41) is 11.6. The molecule has 8 nitrogen and oxygen atoms in total. The summed E-state index contributed by atoms with van der Waals surface area (Å²) in [5.74, 6) is -1.90. The number of carbonyl (C=O) groups excluding carboxylic acids is 3. The van der Waals surface area contributed by atoms with E-state index in [1.807, 2.05) is 30.3 Å². The molecule has 2 aliphatic rings. The lowest BCUT2D eigenvalue weighted by Crippen LogP contribution is -2.38. The zero-order valence-electron chi connectivity index (χ0n) is 19.4. The molecule has 2 N–H and O–H groups in total. The Morgan fingerprint density at radius 2 is 1.64 bits per heavy atom. The van der Waals surface area contributed by atoms with E-state index in [2.05, 4.69) is 5.32 Å². The summed E-state index contributed by atoms with van der Waals surface area (Å²) in [6.45, 7) is 0.542. The number of amides is 3. The topological polar surface area (TPSA) is 107 Å². The number of unbranched alkanes of at least 4 members (excludes halogenated alkanes) is 2. The average molecular weight is 524 g/mol. The number of thioether (sulfide) groups is 1. The highest BCUT2D eigenvalue weighted by Crippen LogP contribution is 2.44. The van der Waals surface area contributed by atoms with E-state index < -0.39 is 11.9 Å². The highest BCUT2D eigenvalue weighted by molar-refractivity contribution is 8.26. The molecule has 1 fully saturated rings. The van der Waals surface area contributed by atoms with Crippen molar-refractivity contribution in [3.05, 3.63) is 70.6 Å². The van der Waals surface area contributed by atoms with Gasteiger partial charge in [-0.25, -0.2) is 0 Å². The van der Waals surface area contributed by atoms with Gasteiger partial charge >= 0.3 is 5.97 Å². The van der Waals surface area contributed by atoms with Gasteiger partial charge in [-0.1, -0.05) is 78.9 Å². The molecular formula is C26H25N3O5S2. The van der Waals surface area contributed by atoms with E-state index in [1.165, 1.54) is 9.80 Å². The number of nitrogens with zero attached hydrogens (tertiary/aromatic N) is 2. The van der Waals surface area contributed by atoms with Gasteiger partial charge in [-0.05, 0) is 24.5 Å². The molecule has 2 heterocycles. The first-order valence-corrected chi connectivity index (χ1v) is 12.8. The molecule has 186 valence electrons. The van der Waals surface area contributed by atoms with Crippen LogP contribution < -0.4 is 10.2 Å². The van der Waals surface area contributed by atoms with E-state index >= 15 is 0 Å². The Bertz CT molecular complexity index is 1250. The molecule has 0 saturated carbocycles. The second-order valence-corrected chi connectivity index (χ2v) is 10.0. The summed E-state index contributed by atoms with van der Waals surface area (Å²) in [6.07, 6.45) is 1.88. The van der Waals surface area contributed by atoms with Crippen LogP contribution in [0, 0.1) is 0 Å². The minimum absolute atomic E-state index is 0.0858. The minimum Gasteiger partial charge on any atom is -0.481 e. The van der Waals surface area contributed by atoms with Crippen LogP contribution in [0.4, 0.5) is 5.69 Å². The first-order valence-electron chi connectivity index (χ1n) is 11.6. The number of aliphatic carboxylic acids is 1. The molecule has 0 bridgehead atoms.